The van der Waals surface area contributed by atoms with Crippen molar-refractivity contribution in [2.75, 3.05) is 26.4 Å². The molecule has 0 aliphatic rings. The Morgan fingerprint density at radius 3 is 0.377 bits per heavy atom. The molecule has 0 aromatic carbocycles. The molecule has 0 radical (unpaired) electrons. The van der Waals surface area contributed by atoms with Crippen LogP contribution in [-0.2, 0) is 26.2 Å². The van der Waals surface area contributed by atoms with Gasteiger partial charge in [0, 0.05) is 52.6 Å². The van der Waals surface area contributed by atoms with Gasteiger partial charge < -0.3 is 20.4 Å². The summed E-state index contributed by atoms with van der Waals surface area (Å²) in [7, 11) is 0. The van der Waals surface area contributed by atoms with Crippen molar-refractivity contribution in [3.8, 4) is 0 Å². The second-order valence-electron chi connectivity index (χ2n) is 22.6. The molecule has 0 aromatic rings. The van der Waals surface area contributed by atoms with Crippen molar-refractivity contribution in [1.82, 2.24) is 0 Å². The third kappa shape index (κ3) is 101. The molecule has 0 bridgehead atoms. The van der Waals surface area contributed by atoms with Gasteiger partial charge in [-0.1, -0.05) is 307 Å². The largest absolute Gasteiger partial charge is 0.396 e. The maximum Gasteiger partial charge on any atom is 0.0431 e. The molecule has 0 aliphatic heterocycles. The molecule has 0 aliphatic carbocycles. The van der Waals surface area contributed by atoms with E-state index in [0.717, 1.165) is 25.7 Å². The van der Waals surface area contributed by atoms with Crippen LogP contribution in [-0.4, -0.2) is 46.9 Å². The smallest absolute Gasteiger partial charge is 0.0431 e. The normalized spacial score (nSPS) is 11.3. The number of hydrogen-bond acceptors (Lipinski definition) is 4. The minimum absolute atomic E-state index is 0. The molecule has 4 N–H and O–H groups in total. The van der Waals surface area contributed by atoms with E-state index in [2.05, 4.69) is 76.3 Å². The molecule has 0 saturated carbocycles. The Kier molecular flexibility index (Phi) is 102. The van der Waals surface area contributed by atoms with Gasteiger partial charge in [0.15, 0.2) is 0 Å². The fourth-order valence-electron chi connectivity index (χ4n) is 9.44. The maximum absolute atomic E-state index is 8.66. The second-order valence-corrected chi connectivity index (χ2v) is 22.6. The van der Waals surface area contributed by atoms with Crippen LogP contribution in [0.5, 0.6) is 0 Å². The van der Waals surface area contributed by atoms with Gasteiger partial charge in [-0.15, -0.1) is 0 Å². The molecule has 0 atom stereocenters. The van der Waals surface area contributed by atoms with Gasteiger partial charge in [0.2, 0.25) is 0 Å². The average Bonchev–Trinajstić information content (AvgIpc) is 3.43. The fraction of sp³-hybridized carbons (Fsp3) is 0.889. The molecule has 0 amide bonds. The van der Waals surface area contributed by atoms with E-state index < -0.39 is 0 Å². The Bertz CT molecular complexity index is 866. The van der Waals surface area contributed by atoms with E-state index in [-0.39, 0.29) is 26.2 Å². The molecule has 4 nitrogen and oxygen atoms in total. The van der Waals surface area contributed by atoms with Crippen LogP contribution < -0.4 is 0 Å². The predicted molar refractivity (Wildman–Crippen MR) is 346 cm³/mol. The first-order chi connectivity index (χ1) is 37.7. The Labute approximate surface area is 505 Å². The average molecular weight is 1170 g/mol. The van der Waals surface area contributed by atoms with Gasteiger partial charge >= 0.3 is 0 Å². The summed E-state index contributed by atoms with van der Waals surface area (Å²) in [5, 5.41) is 34.6. The van der Waals surface area contributed by atoms with E-state index in [4.69, 9.17) is 20.4 Å². The van der Waals surface area contributed by atoms with Crippen LogP contribution in [0.25, 0.3) is 0 Å². The number of rotatable bonds is 60. The molecule has 0 rings (SSSR count). The zero-order chi connectivity index (χ0) is 56.1. The van der Waals surface area contributed by atoms with Crippen LogP contribution >= 0.6 is 0 Å². The Morgan fingerprint density at radius 2 is 0.260 bits per heavy atom. The SMILES string of the molecule is CCCCCCCC/C=C\CCCCCCCCO.CCCCCCCC/C=C\CCCCCCCCO.CCCCCCCC/C=C\CCCCCCCCO.CCCCCCCC/C=C\CCCCCCCCO.[Zr]. The van der Waals surface area contributed by atoms with Crippen molar-refractivity contribution < 1.29 is 46.6 Å². The van der Waals surface area contributed by atoms with Crippen LogP contribution in [0.3, 0.4) is 0 Å². The number of aliphatic hydroxyl groups excluding tert-OH is 4. The van der Waals surface area contributed by atoms with Gasteiger partial charge in [-0.3, -0.25) is 0 Å². The Balaban J connectivity index is -0.000000298. The first-order valence-corrected chi connectivity index (χ1v) is 34.7. The van der Waals surface area contributed by atoms with Crippen molar-refractivity contribution in [3.63, 3.8) is 0 Å². The summed E-state index contributed by atoms with van der Waals surface area (Å²) >= 11 is 0. The van der Waals surface area contributed by atoms with Crippen molar-refractivity contribution >= 4 is 0 Å². The molecule has 5 heteroatoms. The fourth-order valence-corrected chi connectivity index (χ4v) is 9.44. The Hall–Kier alpha value is -0.317. The molecule has 0 spiro atoms. The number of aliphatic hydroxyl groups is 4. The van der Waals surface area contributed by atoms with E-state index in [1.165, 1.54) is 334 Å². The van der Waals surface area contributed by atoms with Crippen LogP contribution in [0.15, 0.2) is 48.6 Å². The topological polar surface area (TPSA) is 80.9 Å². The van der Waals surface area contributed by atoms with Crippen LogP contribution in [0.4, 0.5) is 0 Å². The first kappa shape index (κ1) is 85.5. The van der Waals surface area contributed by atoms with Crippen LogP contribution in [0, 0.1) is 0 Å². The standard InChI is InChI=1S/4C18H36O.Zr/c4*1-2-3-4-5-6-7-8-9-10-11-12-13-14-15-16-17-18-19;/h4*9-10,19H,2-8,11-18H2,1H3;/b4*10-9-;. The summed E-state index contributed by atoms with van der Waals surface area (Å²) in [4.78, 5) is 0. The number of hydrogen-bond donors (Lipinski definition) is 4. The third-order valence-electron chi connectivity index (χ3n) is 14.7. The summed E-state index contributed by atoms with van der Waals surface area (Å²) in [6.07, 6.45) is 92.8. The molecule has 77 heavy (non-hydrogen) atoms. The summed E-state index contributed by atoms with van der Waals surface area (Å²) < 4.78 is 0. The molecular weight excluding hydrogens is 1020 g/mol. The molecule has 460 valence electrons. The predicted octanol–water partition coefficient (Wildman–Crippen LogP) is 24.1. The summed E-state index contributed by atoms with van der Waals surface area (Å²) in [6.45, 7) is 10.5. The molecule has 0 heterocycles. The molecule has 0 saturated heterocycles. The monoisotopic (exact) mass is 1160 g/mol. The summed E-state index contributed by atoms with van der Waals surface area (Å²) in [6, 6.07) is 0. The van der Waals surface area contributed by atoms with Gasteiger partial charge in [0.05, 0.1) is 0 Å². The van der Waals surface area contributed by atoms with Crippen molar-refractivity contribution in [3.05, 3.63) is 48.6 Å². The van der Waals surface area contributed by atoms with Crippen molar-refractivity contribution in [2.24, 2.45) is 0 Å². The van der Waals surface area contributed by atoms with Gasteiger partial charge in [-0.2, -0.15) is 0 Å². The summed E-state index contributed by atoms with van der Waals surface area (Å²) in [5.41, 5.74) is 0. The summed E-state index contributed by atoms with van der Waals surface area (Å²) in [5.74, 6) is 0. The van der Waals surface area contributed by atoms with Gasteiger partial charge in [0.1, 0.15) is 0 Å². The van der Waals surface area contributed by atoms with E-state index >= 15 is 0 Å². The van der Waals surface area contributed by atoms with Crippen LogP contribution in [0.1, 0.15) is 387 Å². The Morgan fingerprint density at radius 1 is 0.156 bits per heavy atom. The quantitative estimate of drug-likeness (QED) is 0.0361. The molecule has 0 fully saturated rings. The van der Waals surface area contributed by atoms with Gasteiger partial charge in [0.25, 0.3) is 0 Å². The van der Waals surface area contributed by atoms with Crippen LogP contribution in [0.2, 0.25) is 0 Å². The van der Waals surface area contributed by atoms with Crippen molar-refractivity contribution in [2.45, 2.75) is 387 Å². The number of unbranched alkanes of at least 4 members (excludes halogenated alkanes) is 48. The van der Waals surface area contributed by atoms with E-state index in [9.17, 15) is 0 Å². The molecular formula is C72H144O4Zr. The minimum atomic E-state index is 0. The zero-order valence-electron chi connectivity index (χ0n) is 53.3. The molecule has 0 unspecified atom stereocenters. The number of allylic oxidation sites excluding steroid dienone is 8. The zero-order valence-corrected chi connectivity index (χ0v) is 55.8. The maximum atomic E-state index is 8.66. The molecule has 0 aromatic heterocycles. The third-order valence-corrected chi connectivity index (χ3v) is 14.7. The second kappa shape index (κ2) is 92.1. The van der Waals surface area contributed by atoms with Gasteiger partial charge in [-0.05, 0) is 128 Å². The van der Waals surface area contributed by atoms with E-state index in [1.54, 1.807) is 0 Å². The van der Waals surface area contributed by atoms with Gasteiger partial charge in [-0.25, -0.2) is 0 Å². The first-order valence-electron chi connectivity index (χ1n) is 34.7. The van der Waals surface area contributed by atoms with E-state index in [1.807, 2.05) is 0 Å². The van der Waals surface area contributed by atoms with Crippen molar-refractivity contribution in [1.29, 1.82) is 0 Å². The van der Waals surface area contributed by atoms with E-state index in [0.29, 0.717) is 26.4 Å². The minimum Gasteiger partial charge on any atom is -0.396 e.